The van der Waals surface area contributed by atoms with Crippen molar-refractivity contribution < 1.29 is 19.1 Å². The third kappa shape index (κ3) is 35.9. The summed E-state index contributed by atoms with van der Waals surface area (Å²) in [5.41, 5.74) is 13.7. The van der Waals surface area contributed by atoms with Crippen LogP contribution in [0.5, 0.6) is 5.75 Å². The van der Waals surface area contributed by atoms with Crippen molar-refractivity contribution in [3.05, 3.63) is 190 Å². The first-order valence-electron chi connectivity index (χ1n) is 46.4. The zero-order valence-electron chi connectivity index (χ0n) is 81.3. The van der Waals surface area contributed by atoms with Gasteiger partial charge in [-0.1, -0.05) is 243 Å². The summed E-state index contributed by atoms with van der Waals surface area (Å²) in [6, 6.07) is 47.6. The summed E-state index contributed by atoms with van der Waals surface area (Å²) < 4.78 is 5.52. The minimum atomic E-state index is -0.00189. The molecule has 5 aromatic carbocycles. The number of nitrogens with zero attached hydrogens (tertiary/aromatic N) is 10. The molecule has 6 saturated heterocycles. The Balaban J connectivity index is 0.000000219. The Bertz CT molecular complexity index is 3920. The number of piperidine rings is 2. The number of ether oxygens (including phenoxy) is 1. The highest BCUT2D eigenvalue weighted by atomic mass is 16.5. The molecular weight excluding hydrogens is 1490 g/mol. The Hall–Kier alpha value is -7.58. The zero-order chi connectivity index (χ0) is 89.5. The van der Waals surface area contributed by atoms with Crippen molar-refractivity contribution in [3.8, 4) is 17.6 Å². The van der Waals surface area contributed by atoms with Crippen LogP contribution in [0, 0.1) is 23.2 Å². The van der Waals surface area contributed by atoms with E-state index in [0.717, 1.165) is 140 Å². The van der Waals surface area contributed by atoms with Gasteiger partial charge in [-0.25, -0.2) is 4.98 Å². The molecule has 0 unspecified atom stereocenters. The maximum Gasteiger partial charge on any atom is 0.253 e. The minimum Gasteiger partial charge on any atom is -0.494 e. The number of likely N-dealkylation sites (N-methyl/N-ethyl adjacent to an activating group) is 3. The number of carbonyl (C=O) groups excluding carboxylic acids is 3. The minimum absolute atomic E-state index is 0.00189. The van der Waals surface area contributed by atoms with Crippen molar-refractivity contribution in [1.29, 1.82) is 0 Å². The monoisotopic (exact) mass is 1660 g/mol. The molecule has 670 valence electrons. The van der Waals surface area contributed by atoms with E-state index >= 15 is 0 Å². The van der Waals surface area contributed by atoms with Gasteiger partial charge in [-0.15, -0.1) is 0 Å². The summed E-state index contributed by atoms with van der Waals surface area (Å²) in [6.07, 6.45) is 8.99. The maximum absolute atomic E-state index is 12.3. The lowest BCUT2D eigenvalue weighted by atomic mass is 9.86. The number of hydrogen-bond acceptors (Lipinski definition) is 12. The predicted molar refractivity (Wildman–Crippen MR) is 516 cm³/mol. The van der Waals surface area contributed by atoms with E-state index in [1.807, 2.05) is 59.3 Å². The van der Waals surface area contributed by atoms with Crippen molar-refractivity contribution >= 4 is 29.2 Å². The first-order chi connectivity index (χ1) is 56.8. The molecule has 6 aliphatic rings. The molecule has 121 heavy (non-hydrogen) atoms. The zero-order valence-corrected chi connectivity index (χ0v) is 81.3. The van der Waals surface area contributed by atoms with Gasteiger partial charge in [0.05, 0.1) is 6.61 Å². The van der Waals surface area contributed by atoms with Crippen LogP contribution in [0.1, 0.15) is 285 Å². The van der Waals surface area contributed by atoms with E-state index < -0.39 is 0 Å². The highest BCUT2D eigenvalue weighted by Crippen LogP contribution is 2.31. The number of benzene rings is 5. The Labute approximate surface area is 738 Å². The summed E-state index contributed by atoms with van der Waals surface area (Å²) in [6.45, 7) is 85.0. The van der Waals surface area contributed by atoms with E-state index in [1.165, 1.54) is 116 Å². The number of anilines is 2. The number of rotatable bonds is 14. The fourth-order valence-electron chi connectivity index (χ4n) is 15.2. The number of nitrogens with one attached hydrogen (secondary N) is 1. The van der Waals surface area contributed by atoms with Crippen LogP contribution in [-0.4, -0.2) is 214 Å². The summed E-state index contributed by atoms with van der Waals surface area (Å²) in [5, 5.41) is 2.78. The average molecular weight is 1660 g/mol. The Kier molecular flexibility index (Phi) is 40.6. The van der Waals surface area contributed by atoms with E-state index in [9.17, 15) is 14.4 Å². The van der Waals surface area contributed by atoms with Crippen LogP contribution in [0.4, 0.5) is 11.5 Å². The molecule has 0 bridgehead atoms. The average Bonchev–Trinajstić information content (AvgIpc) is 0.812. The molecule has 1 aromatic heterocycles. The van der Waals surface area contributed by atoms with Gasteiger partial charge in [0.2, 0.25) is 5.91 Å². The van der Waals surface area contributed by atoms with Crippen LogP contribution in [0.15, 0.2) is 140 Å². The molecule has 0 radical (unpaired) electrons. The molecule has 1 N–H and O–H groups in total. The number of piperazine rings is 3. The van der Waals surface area contributed by atoms with Gasteiger partial charge in [0, 0.05) is 165 Å². The predicted octanol–water partition coefficient (Wildman–Crippen LogP) is 20.9. The number of carbonyl (C=O) groups is 3. The number of amides is 3. The van der Waals surface area contributed by atoms with Gasteiger partial charge >= 0.3 is 0 Å². The first-order valence-corrected chi connectivity index (χ1v) is 46.4. The van der Waals surface area contributed by atoms with Crippen molar-refractivity contribution in [1.82, 2.24) is 44.6 Å². The van der Waals surface area contributed by atoms with Gasteiger partial charge < -0.3 is 44.4 Å². The first kappa shape index (κ1) is 102. The molecule has 6 aromatic rings. The molecule has 0 saturated carbocycles. The quantitative estimate of drug-likeness (QED) is 0.105. The van der Waals surface area contributed by atoms with Crippen LogP contribution in [0.2, 0.25) is 0 Å². The van der Waals surface area contributed by atoms with E-state index in [-0.39, 0.29) is 55.6 Å². The van der Waals surface area contributed by atoms with Gasteiger partial charge in [0.15, 0.2) is 0 Å². The Morgan fingerprint density at radius 1 is 0.421 bits per heavy atom. The fraction of sp³-hybridized carbons (Fsp3) is 0.623. The van der Waals surface area contributed by atoms with E-state index in [4.69, 9.17) is 4.74 Å². The molecule has 7 heterocycles. The maximum atomic E-state index is 12.3. The molecule has 6 aliphatic heterocycles. The second-order valence-electron chi connectivity index (χ2n) is 41.3. The van der Waals surface area contributed by atoms with E-state index in [2.05, 4.69) is 327 Å². The molecule has 0 atom stereocenters. The molecule has 6 fully saturated rings. The summed E-state index contributed by atoms with van der Waals surface area (Å²) >= 11 is 0. The topological polar surface area (TPSA) is 115 Å². The third-order valence-electron chi connectivity index (χ3n) is 24.0. The second-order valence-corrected chi connectivity index (χ2v) is 41.3. The molecule has 3 amide bonds. The van der Waals surface area contributed by atoms with Crippen LogP contribution >= 0.6 is 0 Å². The lowest BCUT2D eigenvalue weighted by Crippen LogP contribution is -2.61. The Morgan fingerprint density at radius 2 is 0.810 bits per heavy atom. The van der Waals surface area contributed by atoms with Gasteiger partial charge in [-0.05, 0) is 225 Å². The smallest absolute Gasteiger partial charge is 0.253 e. The standard InChI is InChI=1S/C17H28N2.C16H26N2O.C16H26N2.C16H23NO.C15H25N3.C13H19NO.C13H20O/c1-5-18-10-12-19(13-11-18)14-15-6-8-16(9-7-15)17(2,3)4;1-13(19)18-11-15(12-18)17-9-6-14(7-10-17)5-8-16(2,3)4;1-5-17-10-12-18(13-11-17)15-8-6-14(7-9-15)16(2,3)4;1-16(2,3)14-9-7-13(8-10-14)15(18)17-11-5-4-6-12-17;1-5-17-8-10-18(11-9-17)14-7-6-13(12-16-14)15(2,3)4;1-5-14-12(15)10-6-8-11(9-7-10)13(2,3)4;1-5-10-14-12-8-6-11(7-9-12)13(2,3)4/h6-9H,5,10-14H2,1-4H3;14-15H,6-7,9-12H2,1-4H3;6-9H,5,10-13H2,1-4H3;7-10H,4-6,11-12H2,1-3H3;6-7,12H,5,8-11H2,1-4H3;6-9H,5H2,1-4H3,(H,14,15);6-9H,5,10H2,1-4H3. The summed E-state index contributed by atoms with van der Waals surface area (Å²) in [5.74, 6) is 9.87. The van der Waals surface area contributed by atoms with Gasteiger partial charge in [0.25, 0.3) is 11.8 Å². The van der Waals surface area contributed by atoms with E-state index in [0.29, 0.717) is 18.5 Å². The van der Waals surface area contributed by atoms with Gasteiger partial charge in [0.1, 0.15) is 11.6 Å². The normalized spacial score (nSPS) is 17.1. The highest BCUT2D eigenvalue weighted by Gasteiger charge is 2.35. The van der Waals surface area contributed by atoms with Crippen molar-refractivity contribution in [2.75, 3.05) is 160 Å². The van der Waals surface area contributed by atoms with Crippen molar-refractivity contribution in [3.63, 3.8) is 0 Å². The summed E-state index contributed by atoms with van der Waals surface area (Å²) in [4.78, 5) is 61.0. The number of aromatic nitrogens is 1. The lowest BCUT2D eigenvalue weighted by molar-refractivity contribution is -0.136. The number of hydrogen-bond donors (Lipinski definition) is 1. The number of pyridine rings is 1. The van der Waals surface area contributed by atoms with Gasteiger partial charge in [-0.3, -0.25) is 24.2 Å². The third-order valence-corrected chi connectivity index (χ3v) is 24.0. The molecule has 0 spiro atoms. The molecule has 0 aliphatic carbocycles. The molecular formula is C106H167N11O4. The largest absolute Gasteiger partial charge is 0.494 e. The van der Waals surface area contributed by atoms with Crippen LogP contribution in [0.3, 0.4) is 0 Å². The second kappa shape index (κ2) is 48.1. The van der Waals surface area contributed by atoms with Gasteiger partial charge in [-0.2, -0.15) is 0 Å². The molecule has 15 heteroatoms. The van der Waals surface area contributed by atoms with Crippen LogP contribution in [-0.2, 0) is 43.8 Å². The SMILES string of the molecule is CC(=O)N1CC(N2CCC(C#CC(C)(C)C)CC2)C1.CC(C)(C)c1ccc(C(=O)N2CCCCC2)cc1.CCCOc1ccc(C(C)(C)C)cc1.CCN1CCN(Cc2ccc(C(C)(C)C)cc2)CC1.CCN1CCN(c2ccc(C(C)(C)C)cc2)CC1.CCN1CCN(c2ccc(C(C)(C)C)cn2)CC1.CCNC(=O)c1ccc(C(C)(C)C)cc1. The molecule has 15 nitrogen and oxygen atoms in total. The highest BCUT2D eigenvalue weighted by molar-refractivity contribution is 5.94. The molecule has 12 rings (SSSR count). The van der Waals surface area contributed by atoms with E-state index in [1.54, 1.807) is 6.92 Å². The van der Waals surface area contributed by atoms with Crippen molar-refractivity contribution in [2.45, 2.75) is 271 Å². The Morgan fingerprint density at radius 3 is 1.20 bits per heavy atom. The fourth-order valence-corrected chi connectivity index (χ4v) is 15.2. The lowest BCUT2D eigenvalue weighted by Gasteiger charge is -2.47. The number of likely N-dealkylation sites (tertiary alicyclic amines) is 3. The summed E-state index contributed by atoms with van der Waals surface area (Å²) in [7, 11) is 0. The van der Waals surface area contributed by atoms with Crippen LogP contribution in [0.25, 0.3) is 0 Å². The van der Waals surface area contributed by atoms with Crippen LogP contribution < -0.4 is 19.9 Å². The van der Waals surface area contributed by atoms with Crippen molar-refractivity contribution in [2.24, 2.45) is 11.3 Å².